The molecule has 0 saturated heterocycles. The summed E-state index contributed by atoms with van der Waals surface area (Å²) in [6.07, 6.45) is 0. The molecule has 0 bridgehead atoms. The molecule has 1 heterocycles. The minimum atomic E-state index is 0.536. The van der Waals surface area contributed by atoms with Crippen molar-refractivity contribution in [1.29, 1.82) is 5.26 Å². The fraction of sp³-hybridized carbons (Fsp3) is 0.353. The first-order valence-corrected chi connectivity index (χ1v) is 8.11. The van der Waals surface area contributed by atoms with Gasteiger partial charge >= 0.3 is 0 Å². The summed E-state index contributed by atoms with van der Waals surface area (Å²) in [5.41, 5.74) is 2.53. The number of thiocarbonyl (C=S) groups is 1. The van der Waals surface area contributed by atoms with Crippen LogP contribution in [0.5, 0.6) is 0 Å². The van der Waals surface area contributed by atoms with E-state index >= 15 is 0 Å². The quantitative estimate of drug-likeness (QED) is 0.523. The molecule has 7 heteroatoms. The Morgan fingerprint density at radius 2 is 2.08 bits per heavy atom. The molecule has 0 aliphatic rings. The van der Waals surface area contributed by atoms with Crippen LogP contribution in [0.4, 0.5) is 5.82 Å². The van der Waals surface area contributed by atoms with E-state index in [0.717, 1.165) is 16.5 Å². The third-order valence-corrected chi connectivity index (χ3v) is 3.75. The summed E-state index contributed by atoms with van der Waals surface area (Å²) in [5.74, 6) is 0.597. The molecule has 0 aliphatic carbocycles. The second-order valence-corrected chi connectivity index (χ2v) is 5.65. The van der Waals surface area contributed by atoms with Crippen molar-refractivity contribution in [2.45, 2.75) is 6.92 Å². The molecule has 1 aromatic heterocycles. The summed E-state index contributed by atoms with van der Waals surface area (Å²) in [4.78, 5) is 4.60. The number of hydrogen-bond donors (Lipinski definition) is 3. The number of hydrogen-bond acceptors (Lipinski definition) is 5. The molecule has 1 aromatic carbocycles. The van der Waals surface area contributed by atoms with Crippen molar-refractivity contribution in [3.63, 3.8) is 0 Å². The van der Waals surface area contributed by atoms with Gasteiger partial charge in [0, 0.05) is 32.1 Å². The number of nitrogens with zero attached hydrogens (tertiary/aromatic N) is 2. The Balaban J connectivity index is 1.94. The number of para-hydroxylation sites is 1. The van der Waals surface area contributed by atoms with E-state index in [0.29, 0.717) is 42.7 Å². The lowest BCUT2D eigenvalue weighted by Crippen LogP contribution is -2.39. The number of ether oxygens (including phenoxy) is 1. The van der Waals surface area contributed by atoms with Crippen LogP contribution < -0.4 is 16.0 Å². The number of fused-ring (bicyclic) bond motifs is 1. The Hall–Kier alpha value is -2.43. The molecule has 0 atom stereocenters. The van der Waals surface area contributed by atoms with E-state index in [1.807, 2.05) is 31.2 Å². The summed E-state index contributed by atoms with van der Waals surface area (Å²) in [7, 11) is 1.65. The largest absolute Gasteiger partial charge is 0.383 e. The Bertz CT molecular complexity index is 756. The average Bonchev–Trinajstić information content (AvgIpc) is 2.59. The minimum absolute atomic E-state index is 0.536. The van der Waals surface area contributed by atoms with Gasteiger partial charge in [-0.05, 0) is 30.8 Å². The molecule has 0 spiro atoms. The van der Waals surface area contributed by atoms with Gasteiger partial charge in [-0.15, -0.1) is 0 Å². The van der Waals surface area contributed by atoms with Crippen LogP contribution in [0.25, 0.3) is 10.9 Å². The summed E-state index contributed by atoms with van der Waals surface area (Å²) >= 11 is 5.15. The van der Waals surface area contributed by atoms with Crippen LogP contribution in [0, 0.1) is 18.3 Å². The Morgan fingerprint density at radius 1 is 1.29 bits per heavy atom. The van der Waals surface area contributed by atoms with Crippen LogP contribution in [-0.2, 0) is 4.74 Å². The van der Waals surface area contributed by atoms with E-state index in [1.54, 1.807) is 7.11 Å². The molecule has 126 valence electrons. The smallest absolute Gasteiger partial charge is 0.166 e. The minimum Gasteiger partial charge on any atom is -0.383 e. The lowest BCUT2D eigenvalue weighted by molar-refractivity contribution is 0.204. The van der Waals surface area contributed by atoms with Gasteiger partial charge < -0.3 is 20.7 Å². The highest BCUT2D eigenvalue weighted by Crippen LogP contribution is 2.22. The zero-order chi connectivity index (χ0) is 17.4. The maximum Gasteiger partial charge on any atom is 0.166 e. The molecule has 6 nitrogen and oxygen atoms in total. The number of pyridine rings is 1. The van der Waals surface area contributed by atoms with E-state index in [-0.39, 0.29) is 0 Å². The number of anilines is 1. The monoisotopic (exact) mass is 343 g/mol. The van der Waals surface area contributed by atoms with Gasteiger partial charge in [-0.3, -0.25) is 0 Å². The summed E-state index contributed by atoms with van der Waals surface area (Å²) in [6.45, 7) is 4.50. The molecule has 0 amide bonds. The standard InChI is InChI=1S/C17H21N5OS/c1-12-4-3-5-13-10-14(11-18)16(22-15(12)13)19-6-7-20-17(24)21-8-9-23-2/h3-5,10H,6-9H2,1-2H3,(H,19,22)(H2,20,21,24). The van der Waals surface area contributed by atoms with Crippen molar-refractivity contribution in [2.75, 3.05) is 38.7 Å². The predicted octanol–water partition coefficient (Wildman–Crippen LogP) is 1.94. The van der Waals surface area contributed by atoms with Gasteiger partial charge in [-0.2, -0.15) is 5.26 Å². The number of aromatic nitrogens is 1. The molecule has 0 aliphatic heterocycles. The van der Waals surface area contributed by atoms with Crippen molar-refractivity contribution in [1.82, 2.24) is 15.6 Å². The van der Waals surface area contributed by atoms with Crippen molar-refractivity contribution >= 4 is 34.1 Å². The zero-order valence-corrected chi connectivity index (χ0v) is 14.7. The number of methoxy groups -OCH3 is 1. The summed E-state index contributed by atoms with van der Waals surface area (Å²) in [5, 5.41) is 20.2. The van der Waals surface area contributed by atoms with Crippen molar-refractivity contribution in [2.24, 2.45) is 0 Å². The van der Waals surface area contributed by atoms with Crippen molar-refractivity contribution in [3.05, 3.63) is 35.4 Å². The third kappa shape index (κ3) is 4.78. The second-order valence-electron chi connectivity index (χ2n) is 5.25. The number of aryl methyl sites for hydroxylation is 1. The van der Waals surface area contributed by atoms with E-state index in [1.165, 1.54) is 0 Å². The molecule has 0 unspecified atom stereocenters. The van der Waals surface area contributed by atoms with E-state index in [9.17, 15) is 5.26 Å². The summed E-state index contributed by atoms with van der Waals surface area (Å²) in [6, 6.07) is 10.00. The number of nitrogens with one attached hydrogen (secondary N) is 3. The van der Waals surface area contributed by atoms with Gasteiger partial charge in [-0.1, -0.05) is 18.2 Å². The highest BCUT2D eigenvalue weighted by Gasteiger charge is 2.07. The van der Waals surface area contributed by atoms with Crippen LogP contribution in [0.3, 0.4) is 0 Å². The van der Waals surface area contributed by atoms with Crippen molar-refractivity contribution < 1.29 is 4.74 Å². The zero-order valence-electron chi connectivity index (χ0n) is 13.8. The first-order chi connectivity index (χ1) is 11.7. The average molecular weight is 343 g/mol. The maximum atomic E-state index is 9.32. The van der Waals surface area contributed by atoms with Crippen LogP contribution in [0.2, 0.25) is 0 Å². The predicted molar refractivity (Wildman–Crippen MR) is 100 cm³/mol. The molecule has 0 fully saturated rings. The van der Waals surface area contributed by atoms with Gasteiger partial charge in [0.2, 0.25) is 0 Å². The molecule has 2 aromatic rings. The molecule has 2 rings (SSSR count). The third-order valence-electron chi connectivity index (χ3n) is 3.46. The van der Waals surface area contributed by atoms with Crippen LogP contribution >= 0.6 is 12.2 Å². The first-order valence-electron chi connectivity index (χ1n) is 7.70. The fourth-order valence-electron chi connectivity index (χ4n) is 2.25. The van der Waals surface area contributed by atoms with Crippen LogP contribution in [0.1, 0.15) is 11.1 Å². The number of rotatable bonds is 7. The maximum absolute atomic E-state index is 9.32. The van der Waals surface area contributed by atoms with Gasteiger partial charge in [-0.25, -0.2) is 4.98 Å². The first kappa shape index (κ1) is 17.9. The topological polar surface area (TPSA) is 82.0 Å². The Morgan fingerprint density at radius 3 is 2.83 bits per heavy atom. The van der Waals surface area contributed by atoms with Gasteiger partial charge in [0.25, 0.3) is 0 Å². The highest BCUT2D eigenvalue weighted by atomic mass is 32.1. The number of nitriles is 1. The van der Waals surface area contributed by atoms with Gasteiger partial charge in [0.15, 0.2) is 5.11 Å². The summed E-state index contributed by atoms with van der Waals surface area (Å²) < 4.78 is 4.94. The Labute approximate surface area is 147 Å². The molecule has 24 heavy (non-hydrogen) atoms. The number of benzene rings is 1. The van der Waals surface area contributed by atoms with Gasteiger partial charge in [0.05, 0.1) is 17.7 Å². The molecular formula is C17H21N5OS. The van der Waals surface area contributed by atoms with E-state index in [4.69, 9.17) is 17.0 Å². The SMILES string of the molecule is COCCNC(=S)NCCNc1nc2c(C)cccc2cc1C#N. The molecule has 3 N–H and O–H groups in total. The molecule has 0 radical (unpaired) electrons. The second kappa shape index (κ2) is 9.01. The van der Waals surface area contributed by atoms with E-state index < -0.39 is 0 Å². The lowest BCUT2D eigenvalue weighted by Gasteiger charge is -2.12. The highest BCUT2D eigenvalue weighted by molar-refractivity contribution is 7.80. The normalized spacial score (nSPS) is 10.2. The van der Waals surface area contributed by atoms with E-state index in [2.05, 4.69) is 27.0 Å². The van der Waals surface area contributed by atoms with Crippen LogP contribution in [-0.4, -0.2) is 43.4 Å². The van der Waals surface area contributed by atoms with Crippen LogP contribution in [0.15, 0.2) is 24.3 Å². The van der Waals surface area contributed by atoms with Gasteiger partial charge in [0.1, 0.15) is 11.9 Å². The Kier molecular flexibility index (Phi) is 6.73. The van der Waals surface area contributed by atoms with Crippen molar-refractivity contribution in [3.8, 4) is 6.07 Å². The molecule has 0 saturated carbocycles. The lowest BCUT2D eigenvalue weighted by atomic mass is 10.1. The fourth-order valence-corrected chi connectivity index (χ4v) is 2.46. The molecular weight excluding hydrogens is 322 g/mol.